The lowest BCUT2D eigenvalue weighted by Crippen LogP contribution is -2.29. The van der Waals surface area contributed by atoms with Gasteiger partial charge in [0, 0.05) is 28.0 Å². The molecule has 2 aromatic carbocycles. The van der Waals surface area contributed by atoms with Crippen molar-refractivity contribution in [2.24, 2.45) is 0 Å². The monoisotopic (exact) mass is 429 g/mol. The molecular weight excluding hydrogens is 406 g/mol. The van der Waals surface area contributed by atoms with Gasteiger partial charge >= 0.3 is 5.97 Å². The number of ketones is 1. The minimum absolute atomic E-state index is 0.216. The molecule has 0 radical (unpaired) electrons. The van der Waals surface area contributed by atoms with Crippen LogP contribution >= 0.6 is 0 Å². The topological polar surface area (TPSA) is 94.2 Å². The number of carboxylic acids is 1. The van der Waals surface area contributed by atoms with Crippen LogP contribution in [0, 0.1) is 27.7 Å². The summed E-state index contributed by atoms with van der Waals surface area (Å²) in [5.74, 6) is -1.56. The molecule has 0 aliphatic heterocycles. The molecule has 0 aliphatic rings. The molecular formula is C25H23N3O4. The fraction of sp³-hybridized carbons (Fsp3) is 0.200. The summed E-state index contributed by atoms with van der Waals surface area (Å²) in [6.07, 6.45) is 0. The molecule has 7 nitrogen and oxygen atoms in total. The molecule has 2 aromatic heterocycles. The molecule has 32 heavy (non-hydrogen) atoms. The molecule has 0 aliphatic carbocycles. The first-order valence-corrected chi connectivity index (χ1v) is 10.2. The van der Waals surface area contributed by atoms with E-state index in [0.29, 0.717) is 5.56 Å². The summed E-state index contributed by atoms with van der Waals surface area (Å²) in [7, 11) is 0. The maximum atomic E-state index is 13.2. The number of aromatic carboxylic acids is 1. The molecule has 0 atom stereocenters. The number of carboxylic acid groups (broad SMARTS) is 1. The maximum absolute atomic E-state index is 13.2. The molecule has 0 fully saturated rings. The van der Waals surface area contributed by atoms with Crippen molar-refractivity contribution in [2.45, 2.75) is 34.2 Å². The Kier molecular flexibility index (Phi) is 5.26. The van der Waals surface area contributed by atoms with Gasteiger partial charge in [0.1, 0.15) is 6.54 Å². The average Bonchev–Trinajstić information content (AvgIpc) is 3.03. The summed E-state index contributed by atoms with van der Waals surface area (Å²) in [6.45, 7) is 7.48. The van der Waals surface area contributed by atoms with E-state index in [0.717, 1.165) is 32.9 Å². The number of hydrogen-bond donors (Lipinski definition) is 1. The van der Waals surface area contributed by atoms with E-state index in [2.05, 4.69) is 23.3 Å². The highest BCUT2D eigenvalue weighted by molar-refractivity contribution is 6.01. The first kappa shape index (κ1) is 21.2. The van der Waals surface area contributed by atoms with Crippen molar-refractivity contribution < 1.29 is 14.7 Å². The number of aromatic nitrogens is 3. The standard InChI is InChI=1S/C25H23N3O4/c1-14-9-15(2)11-18(10-14)28-16(3)12-21(17(28)4)22(29)13-27-24(30)20-8-6-5-7-19(20)23(26-27)25(31)32/h5-12H,13H2,1-4H3,(H,31,32). The van der Waals surface area contributed by atoms with Crippen LogP contribution in [0.1, 0.15) is 43.4 Å². The van der Waals surface area contributed by atoms with Crippen LogP contribution < -0.4 is 5.56 Å². The summed E-state index contributed by atoms with van der Waals surface area (Å²) in [5.41, 5.74) is 4.56. The number of nitrogens with zero attached hydrogens (tertiary/aromatic N) is 3. The second kappa shape index (κ2) is 7.92. The largest absolute Gasteiger partial charge is 0.476 e. The van der Waals surface area contributed by atoms with E-state index in [1.54, 1.807) is 24.3 Å². The molecule has 4 aromatic rings. The molecule has 0 spiro atoms. The van der Waals surface area contributed by atoms with Crippen molar-refractivity contribution in [1.82, 2.24) is 14.3 Å². The quantitative estimate of drug-likeness (QED) is 0.484. The number of Topliss-reactive ketones (excluding diaryl/α,β-unsaturated/α-hetero) is 1. The third-order valence-electron chi connectivity index (χ3n) is 5.56. The highest BCUT2D eigenvalue weighted by atomic mass is 16.4. The molecule has 0 amide bonds. The van der Waals surface area contributed by atoms with Gasteiger partial charge in [-0.2, -0.15) is 5.10 Å². The number of carbonyl (C=O) groups is 2. The van der Waals surface area contributed by atoms with Crippen molar-refractivity contribution in [3.05, 3.63) is 92.7 Å². The van der Waals surface area contributed by atoms with Gasteiger partial charge in [0.25, 0.3) is 5.56 Å². The normalized spacial score (nSPS) is 11.1. The van der Waals surface area contributed by atoms with Gasteiger partial charge in [0.05, 0.1) is 5.39 Å². The third-order valence-corrected chi connectivity index (χ3v) is 5.56. The van der Waals surface area contributed by atoms with Crippen molar-refractivity contribution in [1.29, 1.82) is 0 Å². The summed E-state index contributed by atoms with van der Waals surface area (Å²) in [4.78, 5) is 37.7. The average molecular weight is 429 g/mol. The van der Waals surface area contributed by atoms with Crippen molar-refractivity contribution >= 4 is 22.5 Å². The second-order valence-corrected chi connectivity index (χ2v) is 8.05. The van der Waals surface area contributed by atoms with Crippen LogP contribution in [0.25, 0.3) is 16.5 Å². The Morgan fingerprint density at radius 3 is 2.19 bits per heavy atom. The Labute approximate surface area is 184 Å². The van der Waals surface area contributed by atoms with Crippen LogP contribution in [-0.4, -0.2) is 31.2 Å². The fourth-order valence-electron chi connectivity index (χ4n) is 4.24. The molecule has 0 saturated heterocycles. The Bertz CT molecular complexity index is 1440. The SMILES string of the molecule is Cc1cc(C)cc(-n2c(C)cc(C(=O)Cn3nc(C(=O)O)c4ccccc4c3=O)c2C)c1. The first-order chi connectivity index (χ1) is 15.2. The summed E-state index contributed by atoms with van der Waals surface area (Å²) in [5, 5.41) is 14.0. The number of carbonyl (C=O) groups excluding carboxylic acids is 1. The molecule has 0 unspecified atom stereocenters. The van der Waals surface area contributed by atoms with Crippen LogP contribution in [0.3, 0.4) is 0 Å². The van der Waals surface area contributed by atoms with Crippen LogP contribution in [0.5, 0.6) is 0 Å². The summed E-state index contributed by atoms with van der Waals surface area (Å²) >= 11 is 0. The fourth-order valence-corrected chi connectivity index (χ4v) is 4.24. The zero-order valence-corrected chi connectivity index (χ0v) is 18.3. The maximum Gasteiger partial charge on any atom is 0.357 e. The van der Waals surface area contributed by atoms with Crippen LogP contribution in [-0.2, 0) is 6.54 Å². The number of aryl methyl sites for hydroxylation is 3. The lowest BCUT2D eigenvalue weighted by molar-refractivity contribution is 0.0688. The number of hydrogen-bond acceptors (Lipinski definition) is 4. The molecule has 7 heteroatoms. The van der Waals surface area contributed by atoms with Crippen molar-refractivity contribution in [2.75, 3.05) is 0 Å². The van der Waals surface area contributed by atoms with Crippen LogP contribution in [0.2, 0.25) is 0 Å². The van der Waals surface area contributed by atoms with Crippen LogP contribution in [0.15, 0.2) is 53.3 Å². The van der Waals surface area contributed by atoms with E-state index in [4.69, 9.17) is 0 Å². The Hall–Kier alpha value is -4.00. The summed E-state index contributed by atoms with van der Waals surface area (Å²) in [6, 6.07) is 14.4. The molecule has 2 heterocycles. The predicted octanol–water partition coefficient (Wildman–Crippen LogP) is 4.00. The Morgan fingerprint density at radius 1 is 0.938 bits per heavy atom. The zero-order valence-electron chi connectivity index (χ0n) is 18.3. The van der Waals surface area contributed by atoms with E-state index in [1.807, 2.05) is 32.3 Å². The second-order valence-electron chi connectivity index (χ2n) is 8.05. The Balaban J connectivity index is 1.78. The zero-order chi connectivity index (χ0) is 23.2. The number of benzene rings is 2. The molecule has 1 N–H and O–H groups in total. The van der Waals surface area contributed by atoms with E-state index >= 15 is 0 Å². The van der Waals surface area contributed by atoms with Gasteiger partial charge in [-0.3, -0.25) is 9.59 Å². The van der Waals surface area contributed by atoms with E-state index in [9.17, 15) is 19.5 Å². The lowest BCUT2D eigenvalue weighted by Gasteiger charge is -2.12. The smallest absolute Gasteiger partial charge is 0.357 e. The molecule has 4 rings (SSSR count). The number of fused-ring (bicyclic) bond motifs is 1. The molecule has 0 bridgehead atoms. The van der Waals surface area contributed by atoms with Gasteiger partial charge in [0.2, 0.25) is 0 Å². The van der Waals surface area contributed by atoms with E-state index in [1.165, 1.54) is 6.07 Å². The summed E-state index contributed by atoms with van der Waals surface area (Å²) < 4.78 is 2.95. The van der Waals surface area contributed by atoms with Gasteiger partial charge in [0.15, 0.2) is 11.5 Å². The predicted molar refractivity (Wildman–Crippen MR) is 122 cm³/mol. The molecule has 0 saturated carbocycles. The van der Waals surface area contributed by atoms with Crippen molar-refractivity contribution in [3.8, 4) is 5.69 Å². The van der Waals surface area contributed by atoms with Gasteiger partial charge < -0.3 is 9.67 Å². The van der Waals surface area contributed by atoms with Gasteiger partial charge in [-0.1, -0.05) is 24.3 Å². The molecule has 162 valence electrons. The Morgan fingerprint density at radius 2 is 1.56 bits per heavy atom. The third kappa shape index (κ3) is 3.62. The minimum atomic E-state index is -1.25. The highest BCUT2D eigenvalue weighted by Gasteiger charge is 2.21. The number of rotatable bonds is 5. The van der Waals surface area contributed by atoms with Crippen molar-refractivity contribution in [3.63, 3.8) is 0 Å². The first-order valence-electron chi connectivity index (χ1n) is 10.2. The van der Waals surface area contributed by atoms with Gasteiger partial charge in [-0.15, -0.1) is 0 Å². The van der Waals surface area contributed by atoms with Gasteiger partial charge in [-0.25, -0.2) is 9.48 Å². The van der Waals surface area contributed by atoms with E-state index < -0.39 is 11.5 Å². The lowest BCUT2D eigenvalue weighted by atomic mass is 10.1. The van der Waals surface area contributed by atoms with E-state index in [-0.39, 0.29) is 28.8 Å². The van der Waals surface area contributed by atoms with Crippen LogP contribution in [0.4, 0.5) is 0 Å². The van der Waals surface area contributed by atoms with Gasteiger partial charge in [-0.05, 0) is 63.1 Å². The highest BCUT2D eigenvalue weighted by Crippen LogP contribution is 2.23. The minimum Gasteiger partial charge on any atom is -0.476 e.